The number of nitro groups is 1. The average molecular weight is 486 g/mol. The van der Waals surface area contributed by atoms with Crippen LogP contribution in [0, 0.1) is 16.0 Å². The van der Waals surface area contributed by atoms with Crippen LogP contribution in [0.4, 0.5) is 17.1 Å². The first-order valence-corrected chi connectivity index (χ1v) is 12.3. The van der Waals surface area contributed by atoms with Crippen LogP contribution >= 0.6 is 11.6 Å². The quantitative estimate of drug-likeness (QED) is 0.469. The Hall–Kier alpha value is -2.84. The largest absolute Gasteiger partial charge is 0.382 e. The van der Waals surface area contributed by atoms with Gasteiger partial charge in [0.15, 0.2) is 0 Å². The van der Waals surface area contributed by atoms with Crippen molar-refractivity contribution >= 4 is 34.6 Å². The number of rotatable bonds is 7. The fourth-order valence-corrected chi connectivity index (χ4v) is 4.90. The highest BCUT2D eigenvalue weighted by Crippen LogP contribution is 2.22. The normalized spacial score (nSPS) is 18.5. The second kappa shape index (κ2) is 11.1. The predicted molar refractivity (Wildman–Crippen MR) is 136 cm³/mol. The summed E-state index contributed by atoms with van der Waals surface area (Å²) in [4.78, 5) is 30.2. The number of hydrogen-bond acceptors (Lipinski definition) is 6. The molecular weight excluding hydrogens is 454 g/mol. The third-order valence-corrected chi connectivity index (χ3v) is 7.03. The minimum absolute atomic E-state index is 0.0266. The van der Waals surface area contributed by atoms with Crippen LogP contribution in [0.2, 0.25) is 5.02 Å². The van der Waals surface area contributed by atoms with Gasteiger partial charge in [0.05, 0.1) is 4.92 Å². The zero-order valence-electron chi connectivity index (χ0n) is 19.5. The minimum Gasteiger partial charge on any atom is -0.382 e. The number of carbonyl (C=O) groups excluding carboxylic acids is 1. The number of likely N-dealkylation sites (tertiary alicyclic amines) is 1. The third kappa shape index (κ3) is 6.18. The van der Waals surface area contributed by atoms with Gasteiger partial charge in [-0.1, -0.05) is 18.5 Å². The van der Waals surface area contributed by atoms with E-state index in [1.807, 2.05) is 24.0 Å². The van der Waals surface area contributed by atoms with E-state index < -0.39 is 4.92 Å². The first-order valence-electron chi connectivity index (χ1n) is 11.9. The minimum atomic E-state index is -0.394. The molecule has 8 nitrogen and oxygen atoms in total. The summed E-state index contributed by atoms with van der Waals surface area (Å²) in [5, 5.41) is 15.0. The SMILES string of the molecule is CC(CN1CCN(c2ccc(Cl)cc2)CC1)C(=O)N1CCC(Nc2ccc([N+](=O)[O-])cc2)CC1. The number of piperidine rings is 1. The van der Waals surface area contributed by atoms with E-state index >= 15 is 0 Å². The monoisotopic (exact) mass is 485 g/mol. The molecule has 34 heavy (non-hydrogen) atoms. The summed E-state index contributed by atoms with van der Waals surface area (Å²) in [6.07, 6.45) is 1.74. The fourth-order valence-electron chi connectivity index (χ4n) is 4.78. The number of halogens is 1. The smallest absolute Gasteiger partial charge is 0.269 e. The lowest BCUT2D eigenvalue weighted by Crippen LogP contribution is -2.50. The van der Waals surface area contributed by atoms with E-state index in [9.17, 15) is 14.9 Å². The molecule has 1 unspecified atom stereocenters. The molecule has 2 heterocycles. The van der Waals surface area contributed by atoms with Crippen LogP contribution in [0.25, 0.3) is 0 Å². The molecule has 4 rings (SSSR count). The van der Waals surface area contributed by atoms with E-state index in [1.165, 1.54) is 17.8 Å². The van der Waals surface area contributed by atoms with E-state index in [2.05, 4.69) is 27.2 Å². The summed E-state index contributed by atoms with van der Waals surface area (Å²) in [6, 6.07) is 14.7. The maximum atomic E-state index is 13.0. The fraction of sp³-hybridized carbons (Fsp3) is 0.480. The number of anilines is 2. The molecule has 0 bridgehead atoms. The molecule has 1 atom stereocenters. The Labute approximate surface area is 205 Å². The van der Waals surface area contributed by atoms with Gasteiger partial charge in [0.2, 0.25) is 5.91 Å². The molecule has 182 valence electrons. The van der Waals surface area contributed by atoms with E-state index in [0.717, 1.165) is 69.4 Å². The first-order chi connectivity index (χ1) is 16.4. The predicted octanol–water partition coefficient (Wildman–Crippen LogP) is 4.11. The molecule has 0 saturated carbocycles. The Bertz CT molecular complexity index is 969. The lowest BCUT2D eigenvalue weighted by atomic mass is 10.0. The molecule has 2 saturated heterocycles. The van der Waals surface area contributed by atoms with Crippen LogP contribution in [0.5, 0.6) is 0 Å². The van der Waals surface area contributed by atoms with E-state index in [0.29, 0.717) is 0 Å². The van der Waals surface area contributed by atoms with E-state index in [4.69, 9.17) is 11.6 Å². The highest BCUT2D eigenvalue weighted by atomic mass is 35.5. The van der Waals surface area contributed by atoms with Crippen molar-refractivity contribution in [3.8, 4) is 0 Å². The number of amides is 1. The first kappa shape index (κ1) is 24.3. The topological polar surface area (TPSA) is 82.0 Å². The lowest BCUT2D eigenvalue weighted by molar-refractivity contribution is -0.384. The van der Waals surface area contributed by atoms with Gasteiger partial charge in [0.1, 0.15) is 0 Å². The molecular formula is C25H32ClN5O3. The summed E-state index contributed by atoms with van der Waals surface area (Å²) in [7, 11) is 0. The van der Waals surface area contributed by atoms with Crippen LogP contribution in [0.3, 0.4) is 0 Å². The highest BCUT2D eigenvalue weighted by molar-refractivity contribution is 6.30. The van der Waals surface area contributed by atoms with Crippen molar-refractivity contribution in [3.63, 3.8) is 0 Å². The molecule has 0 spiro atoms. The number of non-ortho nitro benzene ring substituents is 1. The molecule has 2 aromatic rings. The molecule has 2 fully saturated rings. The van der Waals surface area contributed by atoms with Gasteiger partial charge in [-0.25, -0.2) is 0 Å². The maximum Gasteiger partial charge on any atom is 0.269 e. The van der Waals surface area contributed by atoms with Gasteiger partial charge in [0.25, 0.3) is 5.69 Å². The molecule has 1 N–H and O–H groups in total. The van der Waals surface area contributed by atoms with Gasteiger partial charge in [-0.15, -0.1) is 0 Å². The highest BCUT2D eigenvalue weighted by Gasteiger charge is 2.28. The molecule has 0 aliphatic carbocycles. The molecule has 2 aliphatic heterocycles. The molecule has 9 heteroatoms. The number of nitrogens with one attached hydrogen (secondary N) is 1. The summed E-state index contributed by atoms with van der Waals surface area (Å²) < 4.78 is 0. The summed E-state index contributed by atoms with van der Waals surface area (Å²) >= 11 is 6.00. The molecule has 0 radical (unpaired) electrons. The summed E-state index contributed by atoms with van der Waals surface area (Å²) in [5.74, 6) is 0.204. The van der Waals surface area contributed by atoms with Gasteiger partial charge in [-0.2, -0.15) is 0 Å². The number of benzene rings is 2. The number of nitro benzene ring substituents is 1. The van der Waals surface area contributed by atoms with Crippen molar-refractivity contribution < 1.29 is 9.72 Å². The Balaban J connectivity index is 1.19. The van der Waals surface area contributed by atoms with Crippen molar-refractivity contribution in [3.05, 3.63) is 63.7 Å². The molecule has 0 aromatic heterocycles. The van der Waals surface area contributed by atoms with E-state index in [1.54, 1.807) is 12.1 Å². The average Bonchev–Trinajstić information content (AvgIpc) is 2.85. The number of piperazine rings is 1. The van der Waals surface area contributed by atoms with Gasteiger partial charge in [-0.3, -0.25) is 19.8 Å². The Morgan fingerprint density at radius 1 is 1.03 bits per heavy atom. The van der Waals surface area contributed by atoms with Crippen molar-refractivity contribution in [2.75, 3.05) is 56.0 Å². The number of hydrogen-bond donors (Lipinski definition) is 1. The van der Waals surface area contributed by atoms with Gasteiger partial charge in [0, 0.05) is 86.3 Å². The second-order valence-corrected chi connectivity index (χ2v) is 9.65. The van der Waals surface area contributed by atoms with Crippen LogP contribution in [0.15, 0.2) is 48.5 Å². The number of carbonyl (C=O) groups is 1. The van der Waals surface area contributed by atoms with Crippen LogP contribution in [-0.4, -0.2) is 72.5 Å². The standard InChI is InChI=1S/C25H32ClN5O3/c1-19(18-28-14-16-29(17-15-28)23-6-2-20(26)3-7-23)25(32)30-12-10-22(11-13-30)27-21-4-8-24(9-5-21)31(33)34/h2-9,19,22,27H,10-18H2,1H3. The van der Waals surface area contributed by atoms with Crippen molar-refractivity contribution in [2.45, 2.75) is 25.8 Å². The van der Waals surface area contributed by atoms with Crippen molar-refractivity contribution in [1.82, 2.24) is 9.80 Å². The Kier molecular flexibility index (Phi) is 7.90. The molecule has 1 amide bonds. The van der Waals surface area contributed by atoms with E-state index in [-0.39, 0.29) is 23.6 Å². The van der Waals surface area contributed by atoms with Crippen molar-refractivity contribution in [2.24, 2.45) is 5.92 Å². The summed E-state index contributed by atoms with van der Waals surface area (Å²) in [5.41, 5.74) is 2.16. The lowest BCUT2D eigenvalue weighted by Gasteiger charge is -2.38. The third-order valence-electron chi connectivity index (χ3n) is 6.77. The van der Waals surface area contributed by atoms with Gasteiger partial charge in [-0.05, 0) is 49.2 Å². The van der Waals surface area contributed by atoms with Gasteiger partial charge >= 0.3 is 0 Å². The Morgan fingerprint density at radius 2 is 1.65 bits per heavy atom. The second-order valence-electron chi connectivity index (χ2n) is 9.21. The molecule has 2 aromatic carbocycles. The van der Waals surface area contributed by atoms with Gasteiger partial charge < -0.3 is 15.1 Å². The maximum absolute atomic E-state index is 13.0. The zero-order valence-corrected chi connectivity index (χ0v) is 20.3. The van der Waals surface area contributed by atoms with Crippen molar-refractivity contribution in [1.29, 1.82) is 0 Å². The Morgan fingerprint density at radius 3 is 2.24 bits per heavy atom. The number of nitrogens with zero attached hydrogens (tertiary/aromatic N) is 4. The van der Waals surface area contributed by atoms with Crippen LogP contribution in [0.1, 0.15) is 19.8 Å². The summed E-state index contributed by atoms with van der Waals surface area (Å²) in [6.45, 7) is 8.08. The zero-order chi connectivity index (χ0) is 24.1. The van der Waals surface area contributed by atoms with Crippen LogP contribution < -0.4 is 10.2 Å². The van der Waals surface area contributed by atoms with Crippen LogP contribution in [-0.2, 0) is 4.79 Å². The molecule has 2 aliphatic rings.